The first-order valence-corrected chi connectivity index (χ1v) is 6.89. The van der Waals surface area contributed by atoms with Crippen molar-refractivity contribution in [2.75, 3.05) is 0 Å². The smallest absolute Gasteiger partial charge is 0.140 e. The molecule has 5 heteroatoms. The van der Waals surface area contributed by atoms with Crippen LogP contribution in [0.1, 0.15) is 19.2 Å². The number of nitrogens with zero attached hydrogens (tertiary/aromatic N) is 2. The van der Waals surface area contributed by atoms with Crippen molar-refractivity contribution in [2.24, 2.45) is 0 Å². The van der Waals surface area contributed by atoms with E-state index in [-0.39, 0.29) is 0 Å². The van der Waals surface area contributed by atoms with Crippen LogP contribution in [-0.2, 0) is 6.42 Å². The predicted octanol–water partition coefficient (Wildman–Crippen LogP) is 4.76. The van der Waals surface area contributed by atoms with E-state index < -0.39 is 0 Å². The fourth-order valence-electron chi connectivity index (χ4n) is 1.50. The molecule has 0 amide bonds. The summed E-state index contributed by atoms with van der Waals surface area (Å²) >= 11 is 13.1. The normalized spacial score (nSPS) is 11.0. The van der Waals surface area contributed by atoms with Gasteiger partial charge in [0.05, 0.1) is 5.52 Å². The highest BCUT2D eigenvalue weighted by atomic mass is 79.9. The third-order valence-electron chi connectivity index (χ3n) is 2.19. The summed E-state index contributed by atoms with van der Waals surface area (Å²) in [5.74, 6) is 0.794. The second-order valence-corrected chi connectivity index (χ2v) is 5.59. The summed E-state index contributed by atoms with van der Waals surface area (Å²) in [6.45, 7) is 2.10. The van der Waals surface area contributed by atoms with Crippen molar-refractivity contribution in [2.45, 2.75) is 19.8 Å². The summed E-state index contributed by atoms with van der Waals surface area (Å²) in [6, 6.07) is 3.89. The first kappa shape index (κ1) is 12.3. The molecule has 0 aliphatic carbocycles. The molecule has 0 N–H and O–H groups in total. The van der Waals surface area contributed by atoms with Crippen LogP contribution < -0.4 is 0 Å². The summed E-state index contributed by atoms with van der Waals surface area (Å²) in [5, 5.41) is 1.37. The van der Waals surface area contributed by atoms with Gasteiger partial charge < -0.3 is 0 Å². The Labute approximate surface area is 116 Å². The van der Waals surface area contributed by atoms with Gasteiger partial charge in [-0.05, 0) is 34.5 Å². The minimum atomic E-state index is 0.510. The molecule has 0 fully saturated rings. The topological polar surface area (TPSA) is 25.8 Å². The fourth-order valence-corrected chi connectivity index (χ4v) is 3.06. The lowest BCUT2D eigenvalue weighted by Crippen LogP contribution is -1.96. The maximum Gasteiger partial charge on any atom is 0.140 e. The van der Waals surface area contributed by atoms with Crippen LogP contribution in [0.4, 0.5) is 0 Å². The van der Waals surface area contributed by atoms with E-state index in [9.17, 15) is 0 Å². The maximum atomic E-state index is 6.15. The lowest BCUT2D eigenvalue weighted by molar-refractivity contribution is 0.844. The van der Waals surface area contributed by atoms with E-state index in [0.29, 0.717) is 5.15 Å². The summed E-state index contributed by atoms with van der Waals surface area (Å²) in [6.07, 6.45) is 1.86. The van der Waals surface area contributed by atoms with E-state index >= 15 is 0 Å². The van der Waals surface area contributed by atoms with Crippen molar-refractivity contribution < 1.29 is 0 Å². The lowest BCUT2D eigenvalue weighted by Gasteiger charge is -2.05. The van der Waals surface area contributed by atoms with Gasteiger partial charge in [-0.25, -0.2) is 9.97 Å². The molecule has 84 valence electrons. The first-order chi connectivity index (χ1) is 7.61. The number of benzene rings is 1. The number of rotatable bonds is 2. The third-order valence-corrected chi connectivity index (χ3v) is 3.54. The molecule has 0 unspecified atom stereocenters. The van der Waals surface area contributed by atoms with Crippen molar-refractivity contribution in [3.05, 3.63) is 32.1 Å². The largest absolute Gasteiger partial charge is 0.232 e. The van der Waals surface area contributed by atoms with Gasteiger partial charge in [-0.3, -0.25) is 0 Å². The zero-order valence-corrected chi connectivity index (χ0v) is 12.5. The number of hydrogen-bond donors (Lipinski definition) is 0. The van der Waals surface area contributed by atoms with Crippen molar-refractivity contribution in [3.8, 4) is 0 Å². The summed E-state index contributed by atoms with van der Waals surface area (Å²) in [7, 11) is 0. The third kappa shape index (κ3) is 2.39. The van der Waals surface area contributed by atoms with Crippen LogP contribution in [0.5, 0.6) is 0 Å². The first-order valence-electron chi connectivity index (χ1n) is 4.93. The number of aromatic nitrogens is 2. The molecule has 1 aromatic carbocycles. The van der Waals surface area contributed by atoms with Crippen LogP contribution in [0, 0.1) is 0 Å². The molecule has 0 spiro atoms. The number of fused-ring (bicyclic) bond motifs is 1. The van der Waals surface area contributed by atoms with E-state index in [1.807, 2.05) is 12.1 Å². The van der Waals surface area contributed by atoms with Crippen LogP contribution in [0.15, 0.2) is 21.1 Å². The van der Waals surface area contributed by atoms with Crippen LogP contribution in [0.3, 0.4) is 0 Å². The monoisotopic (exact) mass is 362 g/mol. The summed E-state index contributed by atoms with van der Waals surface area (Å²) in [4.78, 5) is 8.79. The van der Waals surface area contributed by atoms with Gasteiger partial charge in [-0.1, -0.05) is 34.5 Å². The van der Waals surface area contributed by atoms with Gasteiger partial charge in [0.25, 0.3) is 0 Å². The summed E-state index contributed by atoms with van der Waals surface area (Å²) in [5.41, 5.74) is 0.867. The van der Waals surface area contributed by atoms with E-state index in [0.717, 1.165) is 38.5 Å². The molecule has 0 aliphatic heterocycles. The number of aryl methyl sites for hydroxylation is 1. The Morgan fingerprint density at radius 3 is 2.69 bits per heavy atom. The predicted molar refractivity (Wildman–Crippen MR) is 73.9 cm³/mol. The highest BCUT2D eigenvalue weighted by molar-refractivity contribution is 9.11. The van der Waals surface area contributed by atoms with Crippen LogP contribution in [0.2, 0.25) is 5.15 Å². The van der Waals surface area contributed by atoms with Crippen molar-refractivity contribution in [1.29, 1.82) is 0 Å². The van der Waals surface area contributed by atoms with Crippen molar-refractivity contribution >= 4 is 54.4 Å². The molecular formula is C11H9Br2ClN2. The fraction of sp³-hybridized carbons (Fsp3) is 0.273. The van der Waals surface area contributed by atoms with Crippen LogP contribution in [-0.4, -0.2) is 9.97 Å². The minimum absolute atomic E-state index is 0.510. The number of hydrogen-bond acceptors (Lipinski definition) is 2. The van der Waals surface area contributed by atoms with E-state index in [4.69, 9.17) is 11.6 Å². The molecule has 2 aromatic rings. The molecule has 1 heterocycles. The Morgan fingerprint density at radius 1 is 1.25 bits per heavy atom. The van der Waals surface area contributed by atoms with Crippen LogP contribution in [0.25, 0.3) is 10.9 Å². The zero-order chi connectivity index (χ0) is 11.7. The molecule has 0 saturated heterocycles. The van der Waals surface area contributed by atoms with Gasteiger partial charge in [-0.2, -0.15) is 0 Å². The van der Waals surface area contributed by atoms with E-state index in [1.54, 1.807) is 0 Å². The van der Waals surface area contributed by atoms with E-state index in [2.05, 4.69) is 48.8 Å². The highest BCUT2D eigenvalue weighted by Crippen LogP contribution is 2.30. The van der Waals surface area contributed by atoms with Gasteiger partial charge in [-0.15, -0.1) is 0 Å². The Bertz CT molecular complexity index is 543. The quantitative estimate of drug-likeness (QED) is 0.718. The standard InChI is InChI=1S/C11H9Br2ClN2/c1-2-3-9-15-10-7(11(14)16-9)4-6(12)5-8(10)13/h4-5H,2-3H2,1H3. The van der Waals surface area contributed by atoms with Gasteiger partial charge in [0.15, 0.2) is 0 Å². The molecular weight excluding hydrogens is 355 g/mol. The van der Waals surface area contributed by atoms with E-state index in [1.165, 1.54) is 0 Å². The van der Waals surface area contributed by atoms with Crippen molar-refractivity contribution in [3.63, 3.8) is 0 Å². The molecule has 0 atom stereocenters. The molecule has 0 saturated carbocycles. The second kappa shape index (κ2) is 4.98. The molecule has 16 heavy (non-hydrogen) atoms. The average molecular weight is 364 g/mol. The Kier molecular flexibility index (Phi) is 3.82. The maximum absolute atomic E-state index is 6.15. The lowest BCUT2D eigenvalue weighted by atomic mass is 10.2. The minimum Gasteiger partial charge on any atom is -0.232 e. The Hall–Kier alpha value is -0.190. The highest BCUT2D eigenvalue weighted by Gasteiger charge is 2.09. The van der Waals surface area contributed by atoms with Gasteiger partial charge >= 0.3 is 0 Å². The Balaban J connectivity index is 2.71. The molecule has 1 aromatic heterocycles. The molecule has 0 radical (unpaired) electrons. The van der Waals surface area contributed by atoms with Crippen molar-refractivity contribution in [1.82, 2.24) is 9.97 Å². The van der Waals surface area contributed by atoms with Gasteiger partial charge in [0.1, 0.15) is 11.0 Å². The average Bonchev–Trinajstić information content (AvgIpc) is 2.20. The van der Waals surface area contributed by atoms with Crippen LogP contribution >= 0.6 is 43.5 Å². The molecule has 0 bridgehead atoms. The van der Waals surface area contributed by atoms with Gasteiger partial charge in [0.2, 0.25) is 0 Å². The Morgan fingerprint density at radius 2 is 2.00 bits per heavy atom. The second-order valence-electron chi connectivity index (χ2n) is 3.46. The SMILES string of the molecule is CCCc1nc(Cl)c2cc(Br)cc(Br)c2n1. The van der Waals surface area contributed by atoms with Gasteiger partial charge in [0, 0.05) is 20.8 Å². The molecule has 0 aliphatic rings. The molecule has 2 nitrogen and oxygen atoms in total. The summed E-state index contributed by atoms with van der Waals surface area (Å²) < 4.78 is 1.89. The molecule has 2 rings (SSSR count). The number of halogens is 3. The zero-order valence-electron chi connectivity index (χ0n) is 8.60.